The molecule has 2 unspecified atom stereocenters. The molecule has 2 saturated heterocycles. The molecule has 4 nitrogen and oxygen atoms in total. The summed E-state index contributed by atoms with van der Waals surface area (Å²) in [5.41, 5.74) is -1.05. The lowest BCUT2D eigenvalue weighted by Gasteiger charge is -2.34. The maximum atomic E-state index is 10.5. The van der Waals surface area contributed by atoms with Gasteiger partial charge in [0.15, 0.2) is 0 Å². The molecule has 2 fully saturated rings. The van der Waals surface area contributed by atoms with Gasteiger partial charge < -0.3 is 19.3 Å². The normalized spacial score (nSPS) is 45.3. The number of ether oxygens (including phenoxy) is 3. The van der Waals surface area contributed by atoms with Crippen LogP contribution in [0.1, 0.15) is 26.2 Å². The second-order valence-corrected chi connectivity index (χ2v) is 4.27. The van der Waals surface area contributed by atoms with Crippen LogP contribution in [0.2, 0.25) is 0 Å². The lowest BCUT2D eigenvalue weighted by Crippen LogP contribution is -2.52. The van der Waals surface area contributed by atoms with Crippen LogP contribution >= 0.6 is 0 Å². The highest BCUT2D eigenvalue weighted by molar-refractivity contribution is 6.12. The number of aliphatic hydroxyl groups is 1. The van der Waals surface area contributed by atoms with Crippen LogP contribution in [0.25, 0.3) is 0 Å². The van der Waals surface area contributed by atoms with Crippen LogP contribution < -0.4 is 0 Å². The standard InChI is InChI=1S/C10H17BO4/c1-2-3-4-10(12)8-7(15-9(10)11)5-13-6-14-8/h7-9,12H,2-6H2,1H3/t7?,8-,9?,10-/m1/s1. The predicted molar refractivity (Wildman–Crippen MR) is 54.6 cm³/mol. The zero-order chi connectivity index (χ0) is 10.9. The molecule has 0 aromatic carbocycles. The van der Waals surface area contributed by atoms with Crippen LogP contribution in [0.5, 0.6) is 0 Å². The summed E-state index contributed by atoms with van der Waals surface area (Å²) in [7, 11) is 5.81. The van der Waals surface area contributed by atoms with Crippen LogP contribution in [0.3, 0.4) is 0 Å². The number of fused-ring (bicyclic) bond motifs is 1. The second kappa shape index (κ2) is 4.41. The molecule has 0 bridgehead atoms. The third-order valence-corrected chi connectivity index (χ3v) is 3.19. The predicted octanol–water partition coefficient (Wildman–Crippen LogP) is 0.174. The fourth-order valence-electron chi connectivity index (χ4n) is 2.27. The number of unbranched alkanes of at least 4 members (excludes halogenated alkanes) is 1. The molecule has 0 aromatic heterocycles. The van der Waals surface area contributed by atoms with E-state index in [0.717, 1.165) is 12.8 Å². The van der Waals surface area contributed by atoms with Gasteiger partial charge in [-0.2, -0.15) is 0 Å². The van der Waals surface area contributed by atoms with E-state index in [4.69, 9.17) is 22.1 Å². The minimum Gasteiger partial charge on any atom is -0.385 e. The van der Waals surface area contributed by atoms with E-state index in [-0.39, 0.29) is 19.0 Å². The number of hydrogen-bond acceptors (Lipinski definition) is 4. The van der Waals surface area contributed by atoms with Crippen molar-refractivity contribution in [3.63, 3.8) is 0 Å². The van der Waals surface area contributed by atoms with Crippen molar-refractivity contribution in [1.82, 2.24) is 0 Å². The maximum Gasteiger partial charge on any atom is 0.147 e. The van der Waals surface area contributed by atoms with Crippen molar-refractivity contribution in [2.24, 2.45) is 0 Å². The Hall–Kier alpha value is -0.0951. The smallest absolute Gasteiger partial charge is 0.147 e. The minimum atomic E-state index is -1.05. The van der Waals surface area contributed by atoms with Gasteiger partial charge in [-0.15, -0.1) is 0 Å². The molecule has 4 atom stereocenters. The SMILES string of the molecule is [B]C1OC2COCO[C@H]2[C@]1(O)CCCC. The minimum absolute atomic E-state index is 0.214. The van der Waals surface area contributed by atoms with Crippen molar-refractivity contribution in [3.05, 3.63) is 0 Å². The lowest BCUT2D eigenvalue weighted by atomic mass is 9.77. The van der Waals surface area contributed by atoms with Gasteiger partial charge in [-0.25, -0.2) is 0 Å². The second-order valence-electron chi connectivity index (χ2n) is 4.27. The summed E-state index contributed by atoms with van der Waals surface area (Å²) in [4.78, 5) is 0. The largest absolute Gasteiger partial charge is 0.385 e. The fourth-order valence-corrected chi connectivity index (χ4v) is 2.27. The molecule has 2 radical (unpaired) electrons. The molecule has 0 aliphatic carbocycles. The van der Waals surface area contributed by atoms with E-state index in [1.165, 1.54) is 0 Å². The Morgan fingerprint density at radius 1 is 1.53 bits per heavy atom. The van der Waals surface area contributed by atoms with Crippen molar-refractivity contribution >= 4 is 7.85 Å². The number of rotatable bonds is 3. The van der Waals surface area contributed by atoms with Crippen molar-refractivity contribution in [2.75, 3.05) is 13.4 Å². The molecule has 0 saturated carbocycles. The highest BCUT2D eigenvalue weighted by Crippen LogP contribution is 2.37. The summed E-state index contributed by atoms with van der Waals surface area (Å²) in [5, 5.41) is 10.5. The van der Waals surface area contributed by atoms with Crippen LogP contribution in [0.15, 0.2) is 0 Å². The molecule has 5 heteroatoms. The van der Waals surface area contributed by atoms with Crippen molar-refractivity contribution in [1.29, 1.82) is 0 Å². The van der Waals surface area contributed by atoms with Gasteiger partial charge in [0.25, 0.3) is 0 Å². The third kappa shape index (κ3) is 1.94. The Kier molecular flexibility index (Phi) is 3.35. The first-order valence-electron chi connectivity index (χ1n) is 5.51. The van der Waals surface area contributed by atoms with Crippen LogP contribution in [-0.4, -0.2) is 50.2 Å². The Morgan fingerprint density at radius 2 is 2.33 bits per heavy atom. The summed E-state index contributed by atoms with van der Waals surface area (Å²) < 4.78 is 16.0. The summed E-state index contributed by atoms with van der Waals surface area (Å²) in [6.45, 7) is 2.74. The first kappa shape index (κ1) is 11.4. The van der Waals surface area contributed by atoms with Crippen molar-refractivity contribution < 1.29 is 19.3 Å². The summed E-state index contributed by atoms with van der Waals surface area (Å²) >= 11 is 0. The third-order valence-electron chi connectivity index (χ3n) is 3.19. The Balaban J connectivity index is 2.07. The first-order chi connectivity index (χ1) is 7.18. The highest BCUT2D eigenvalue weighted by Gasteiger charge is 2.54. The fraction of sp³-hybridized carbons (Fsp3) is 1.00. The van der Waals surface area contributed by atoms with Crippen molar-refractivity contribution in [3.8, 4) is 0 Å². The molecular formula is C10H17BO4. The zero-order valence-electron chi connectivity index (χ0n) is 9.02. The van der Waals surface area contributed by atoms with E-state index < -0.39 is 11.6 Å². The summed E-state index contributed by atoms with van der Waals surface area (Å²) in [5.74, 6) is 0. The monoisotopic (exact) mass is 212 g/mol. The average molecular weight is 212 g/mol. The highest BCUT2D eigenvalue weighted by atomic mass is 16.7. The molecule has 84 valence electrons. The van der Waals surface area contributed by atoms with Gasteiger partial charge in [0.2, 0.25) is 0 Å². The van der Waals surface area contributed by atoms with Gasteiger partial charge in [-0.1, -0.05) is 19.8 Å². The van der Waals surface area contributed by atoms with Gasteiger partial charge in [-0.3, -0.25) is 0 Å². The van der Waals surface area contributed by atoms with E-state index in [9.17, 15) is 5.11 Å². The summed E-state index contributed by atoms with van der Waals surface area (Å²) in [6.07, 6.45) is 1.99. The molecular weight excluding hydrogens is 195 g/mol. The average Bonchev–Trinajstić information content (AvgIpc) is 2.50. The van der Waals surface area contributed by atoms with E-state index >= 15 is 0 Å². The zero-order valence-corrected chi connectivity index (χ0v) is 9.02. The van der Waals surface area contributed by atoms with Gasteiger partial charge >= 0.3 is 0 Å². The van der Waals surface area contributed by atoms with E-state index in [1.807, 2.05) is 0 Å². The summed E-state index contributed by atoms with van der Waals surface area (Å²) in [6, 6.07) is -0.666. The molecule has 15 heavy (non-hydrogen) atoms. The van der Waals surface area contributed by atoms with E-state index in [1.54, 1.807) is 0 Å². The topological polar surface area (TPSA) is 47.9 Å². The quantitative estimate of drug-likeness (QED) is 0.677. The van der Waals surface area contributed by atoms with Gasteiger partial charge in [0, 0.05) is 6.00 Å². The molecule has 2 aliphatic heterocycles. The van der Waals surface area contributed by atoms with Gasteiger partial charge in [0.05, 0.1) is 6.61 Å². The Bertz CT molecular complexity index is 225. The van der Waals surface area contributed by atoms with Crippen LogP contribution in [-0.2, 0) is 14.2 Å². The number of hydrogen-bond donors (Lipinski definition) is 1. The molecule has 0 amide bonds. The maximum absolute atomic E-state index is 10.5. The Morgan fingerprint density at radius 3 is 3.07 bits per heavy atom. The molecule has 2 heterocycles. The molecule has 0 aromatic rings. The van der Waals surface area contributed by atoms with Gasteiger partial charge in [0.1, 0.15) is 32.4 Å². The molecule has 2 rings (SSSR count). The molecule has 1 N–H and O–H groups in total. The van der Waals surface area contributed by atoms with Gasteiger partial charge in [-0.05, 0) is 6.42 Å². The van der Waals surface area contributed by atoms with E-state index in [0.29, 0.717) is 13.0 Å². The van der Waals surface area contributed by atoms with Crippen LogP contribution in [0, 0.1) is 0 Å². The molecule has 0 spiro atoms. The van der Waals surface area contributed by atoms with E-state index in [2.05, 4.69) is 6.92 Å². The lowest BCUT2D eigenvalue weighted by molar-refractivity contribution is -0.204. The van der Waals surface area contributed by atoms with Crippen molar-refractivity contribution in [2.45, 2.75) is 50.0 Å². The Labute approximate surface area is 91.3 Å². The first-order valence-corrected chi connectivity index (χ1v) is 5.51. The molecule has 2 aliphatic rings. The van der Waals surface area contributed by atoms with Crippen LogP contribution in [0.4, 0.5) is 0 Å².